The number of rotatable bonds is 4. The summed E-state index contributed by atoms with van der Waals surface area (Å²) in [5, 5.41) is 8.90. The number of amides is 1. The first-order valence-corrected chi connectivity index (χ1v) is 5.70. The number of nitrogens with zero attached hydrogens (tertiary/aromatic N) is 2. The number of H-pyrrole nitrogens is 1. The molecule has 2 aromatic rings. The zero-order chi connectivity index (χ0) is 13.1. The van der Waals surface area contributed by atoms with Crippen LogP contribution in [0.4, 0.5) is 4.39 Å². The number of nitrogens with one attached hydrogen (secondary N) is 1. The van der Waals surface area contributed by atoms with E-state index >= 15 is 0 Å². The van der Waals surface area contributed by atoms with E-state index in [1.807, 2.05) is 0 Å². The van der Waals surface area contributed by atoms with Gasteiger partial charge in [0.1, 0.15) is 11.3 Å². The predicted molar refractivity (Wildman–Crippen MR) is 64.7 cm³/mol. The first-order chi connectivity index (χ1) is 8.67. The number of likely N-dealkylation sites (N-methyl/N-ethyl adjacent to an activating group) is 1. The molecule has 6 heteroatoms. The number of carbonyl (C=O) groups excluding carboxylic acids is 1. The van der Waals surface area contributed by atoms with E-state index in [2.05, 4.69) is 9.97 Å². The topological polar surface area (TPSA) is 69.2 Å². The molecule has 96 valence electrons. The maximum Gasteiger partial charge on any atom is 0.256 e. The smallest absolute Gasteiger partial charge is 0.256 e. The van der Waals surface area contributed by atoms with E-state index in [0.717, 1.165) is 0 Å². The lowest BCUT2D eigenvalue weighted by Crippen LogP contribution is -2.33. The standard InChI is InChI=1S/C12H14FN3O2/c1-2-16(3-4-17)12(18)9-5-8(13)6-10-11(9)15-7-14-10/h5-7,17H,2-4H2,1H3,(H,14,15). The average Bonchev–Trinajstić information content (AvgIpc) is 2.82. The van der Waals surface area contributed by atoms with E-state index in [1.165, 1.54) is 23.4 Å². The van der Waals surface area contributed by atoms with Crippen molar-refractivity contribution in [3.8, 4) is 0 Å². The monoisotopic (exact) mass is 251 g/mol. The van der Waals surface area contributed by atoms with Gasteiger partial charge in [0, 0.05) is 13.1 Å². The van der Waals surface area contributed by atoms with Crippen molar-refractivity contribution in [3.63, 3.8) is 0 Å². The van der Waals surface area contributed by atoms with Crippen molar-refractivity contribution in [3.05, 3.63) is 29.8 Å². The number of fused-ring (bicyclic) bond motifs is 1. The first-order valence-electron chi connectivity index (χ1n) is 5.70. The van der Waals surface area contributed by atoms with Crippen molar-refractivity contribution >= 4 is 16.9 Å². The fourth-order valence-corrected chi connectivity index (χ4v) is 1.87. The highest BCUT2D eigenvalue weighted by atomic mass is 19.1. The van der Waals surface area contributed by atoms with Crippen LogP contribution in [0.1, 0.15) is 17.3 Å². The van der Waals surface area contributed by atoms with Crippen LogP contribution in [-0.2, 0) is 0 Å². The minimum Gasteiger partial charge on any atom is -0.395 e. The van der Waals surface area contributed by atoms with Crippen molar-refractivity contribution in [1.29, 1.82) is 0 Å². The molecule has 0 aliphatic heterocycles. The maximum absolute atomic E-state index is 13.4. The Bertz CT molecular complexity index is 567. The number of aliphatic hydroxyl groups excluding tert-OH is 1. The molecule has 5 nitrogen and oxygen atoms in total. The molecular weight excluding hydrogens is 237 g/mol. The third-order valence-corrected chi connectivity index (χ3v) is 2.76. The normalized spacial score (nSPS) is 10.8. The minimum atomic E-state index is -0.491. The fourth-order valence-electron chi connectivity index (χ4n) is 1.87. The van der Waals surface area contributed by atoms with Gasteiger partial charge in [-0.25, -0.2) is 9.37 Å². The summed E-state index contributed by atoms with van der Waals surface area (Å²) in [6, 6.07) is 2.47. The largest absolute Gasteiger partial charge is 0.395 e. The van der Waals surface area contributed by atoms with Gasteiger partial charge in [-0.1, -0.05) is 0 Å². The second-order valence-electron chi connectivity index (χ2n) is 3.86. The van der Waals surface area contributed by atoms with Crippen LogP contribution in [0.25, 0.3) is 11.0 Å². The molecule has 18 heavy (non-hydrogen) atoms. The lowest BCUT2D eigenvalue weighted by atomic mass is 10.1. The zero-order valence-corrected chi connectivity index (χ0v) is 9.98. The molecule has 2 N–H and O–H groups in total. The number of benzene rings is 1. The quantitative estimate of drug-likeness (QED) is 0.856. The summed E-state index contributed by atoms with van der Waals surface area (Å²) in [5.41, 5.74) is 1.14. The van der Waals surface area contributed by atoms with Gasteiger partial charge in [-0.3, -0.25) is 4.79 Å². The van der Waals surface area contributed by atoms with Gasteiger partial charge in [0.15, 0.2) is 0 Å². The molecule has 0 saturated carbocycles. The molecule has 0 radical (unpaired) electrons. The first kappa shape index (κ1) is 12.5. The lowest BCUT2D eigenvalue weighted by molar-refractivity contribution is 0.0733. The van der Waals surface area contributed by atoms with E-state index < -0.39 is 5.82 Å². The number of hydrogen-bond acceptors (Lipinski definition) is 3. The van der Waals surface area contributed by atoms with Gasteiger partial charge < -0.3 is 15.0 Å². The summed E-state index contributed by atoms with van der Waals surface area (Å²) in [5.74, 6) is -0.821. The van der Waals surface area contributed by atoms with Crippen molar-refractivity contribution in [2.24, 2.45) is 0 Å². The number of halogens is 1. The molecule has 0 fully saturated rings. The van der Waals surface area contributed by atoms with E-state index in [1.54, 1.807) is 6.92 Å². The van der Waals surface area contributed by atoms with Gasteiger partial charge in [0.25, 0.3) is 5.91 Å². The molecule has 0 spiro atoms. The third kappa shape index (κ3) is 2.19. The van der Waals surface area contributed by atoms with Crippen molar-refractivity contribution in [2.45, 2.75) is 6.92 Å². The van der Waals surface area contributed by atoms with Gasteiger partial charge in [-0.15, -0.1) is 0 Å². The second kappa shape index (κ2) is 5.14. The maximum atomic E-state index is 13.4. The number of aromatic amines is 1. The molecule has 1 aromatic heterocycles. The molecule has 0 aliphatic rings. The molecule has 1 amide bonds. The Labute approximate surface area is 103 Å². The van der Waals surface area contributed by atoms with Crippen molar-refractivity contribution in [1.82, 2.24) is 14.9 Å². The summed E-state index contributed by atoms with van der Waals surface area (Å²) in [4.78, 5) is 20.5. The SMILES string of the molecule is CCN(CCO)C(=O)c1cc(F)cc2[nH]cnc12. The third-order valence-electron chi connectivity index (χ3n) is 2.76. The van der Waals surface area contributed by atoms with Crippen LogP contribution in [0.5, 0.6) is 0 Å². The van der Waals surface area contributed by atoms with Crippen molar-refractivity contribution < 1.29 is 14.3 Å². The van der Waals surface area contributed by atoms with Crippen LogP contribution >= 0.6 is 0 Å². The van der Waals surface area contributed by atoms with Crippen LogP contribution < -0.4 is 0 Å². The molecule has 2 rings (SSSR count). The molecular formula is C12H14FN3O2. The Kier molecular flexibility index (Phi) is 3.57. The van der Waals surface area contributed by atoms with Gasteiger partial charge in [0.05, 0.1) is 24.0 Å². The summed E-state index contributed by atoms with van der Waals surface area (Å²) in [6.45, 7) is 2.34. The van der Waals surface area contributed by atoms with E-state index in [9.17, 15) is 9.18 Å². The molecule has 0 bridgehead atoms. The molecule has 1 heterocycles. The Morgan fingerprint density at radius 3 is 3.00 bits per heavy atom. The highest BCUT2D eigenvalue weighted by Crippen LogP contribution is 2.18. The Hall–Kier alpha value is -1.95. The lowest BCUT2D eigenvalue weighted by Gasteiger charge is -2.19. The number of carbonyl (C=O) groups is 1. The average molecular weight is 251 g/mol. The minimum absolute atomic E-state index is 0.126. The van der Waals surface area contributed by atoms with Crippen LogP contribution in [0.2, 0.25) is 0 Å². The van der Waals surface area contributed by atoms with E-state index in [4.69, 9.17) is 5.11 Å². The molecule has 0 aliphatic carbocycles. The molecule has 0 unspecified atom stereocenters. The molecule has 1 aromatic carbocycles. The highest BCUT2D eigenvalue weighted by Gasteiger charge is 2.18. The van der Waals surface area contributed by atoms with Gasteiger partial charge in [-0.05, 0) is 19.1 Å². The van der Waals surface area contributed by atoms with Gasteiger partial charge >= 0.3 is 0 Å². The fraction of sp³-hybridized carbons (Fsp3) is 0.333. The predicted octanol–water partition coefficient (Wildman–Crippen LogP) is 1.16. The Balaban J connectivity index is 2.46. The summed E-state index contributed by atoms with van der Waals surface area (Å²) in [6.07, 6.45) is 1.42. The van der Waals surface area contributed by atoms with Crippen LogP contribution in [0, 0.1) is 5.82 Å². The number of aliphatic hydroxyl groups is 1. The van der Waals surface area contributed by atoms with Gasteiger partial charge in [0.2, 0.25) is 0 Å². The van der Waals surface area contributed by atoms with Crippen LogP contribution in [0.3, 0.4) is 0 Å². The second-order valence-corrected chi connectivity index (χ2v) is 3.86. The van der Waals surface area contributed by atoms with E-state index in [0.29, 0.717) is 17.6 Å². The Morgan fingerprint density at radius 2 is 2.33 bits per heavy atom. The zero-order valence-electron chi connectivity index (χ0n) is 9.98. The number of imidazole rings is 1. The number of hydrogen-bond donors (Lipinski definition) is 2. The highest BCUT2D eigenvalue weighted by molar-refractivity contribution is 6.04. The number of aromatic nitrogens is 2. The summed E-state index contributed by atoms with van der Waals surface area (Å²) < 4.78 is 13.4. The Morgan fingerprint density at radius 1 is 1.56 bits per heavy atom. The van der Waals surface area contributed by atoms with E-state index in [-0.39, 0.29) is 24.6 Å². The van der Waals surface area contributed by atoms with Gasteiger partial charge in [-0.2, -0.15) is 0 Å². The van der Waals surface area contributed by atoms with Crippen LogP contribution in [-0.4, -0.2) is 45.6 Å². The van der Waals surface area contributed by atoms with Crippen molar-refractivity contribution in [2.75, 3.05) is 19.7 Å². The van der Waals surface area contributed by atoms with Crippen LogP contribution in [0.15, 0.2) is 18.5 Å². The summed E-state index contributed by atoms with van der Waals surface area (Å²) in [7, 11) is 0. The molecule has 0 saturated heterocycles. The summed E-state index contributed by atoms with van der Waals surface area (Å²) >= 11 is 0. The molecule has 0 atom stereocenters.